The number of hydrogen-bond donors (Lipinski definition) is 1. The monoisotopic (exact) mass is 574 g/mol. The highest BCUT2D eigenvalue weighted by Crippen LogP contribution is 2.32. The van der Waals surface area contributed by atoms with E-state index in [0.717, 1.165) is 27.8 Å². The predicted octanol–water partition coefficient (Wildman–Crippen LogP) is 4.47. The van der Waals surface area contributed by atoms with Crippen LogP contribution in [0.4, 0.5) is 9.18 Å². The lowest BCUT2D eigenvalue weighted by Gasteiger charge is -2.13. The van der Waals surface area contributed by atoms with Crippen molar-refractivity contribution in [3.8, 4) is 11.4 Å². The molecule has 3 heterocycles. The molecule has 1 fully saturated rings. The summed E-state index contributed by atoms with van der Waals surface area (Å²) in [7, 11) is 0. The van der Waals surface area contributed by atoms with Crippen LogP contribution in [0.3, 0.4) is 0 Å². The average molecular weight is 575 g/mol. The summed E-state index contributed by atoms with van der Waals surface area (Å²) in [6, 6.07) is 19.5. The number of rotatable bonds is 10. The van der Waals surface area contributed by atoms with Crippen molar-refractivity contribution in [2.45, 2.75) is 11.7 Å². The van der Waals surface area contributed by atoms with Gasteiger partial charge >= 0.3 is 0 Å². The Morgan fingerprint density at radius 1 is 1.02 bits per heavy atom. The van der Waals surface area contributed by atoms with Gasteiger partial charge in [0.25, 0.3) is 11.1 Å². The Bertz CT molecular complexity index is 1560. The van der Waals surface area contributed by atoms with Crippen LogP contribution < -0.4 is 5.32 Å². The highest BCUT2D eigenvalue weighted by atomic mass is 32.2. The van der Waals surface area contributed by atoms with E-state index in [9.17, 15) is 18.8 Å². The number of halogens is 1. The first-order chi connectivity index (χ1) is 19.5. The Labute approximate surface area is 237 Å². The minimum absolute atomic E-state index is 0.0208. The molecule has 1 aliphatic rings. The molecule has 0 radical (unpaired) electrons. The third-order valence-electron chi connectivity index (χ3n) is 5.86. The first kappa shape index (κ1) is 27.3. The Hall–Kier alpha value is -4.29. The number of hydrogen-bond acceptors (Lipinski definition) is 8. The lowest BCUT2D eigenvalue weighted by Crippen LogP contribution is -2.37. The van der Waals surface area contributed by atoms with Gasteiger partial charge in [-0.1, -0.05) is 60.3 Å². The molecule has 0 bridgehead atoms. The number of carbonyl (C=O) groups excluding carboxylic acids is 3. The number of nitrogens with one attached hydrogen (secondary N) is 1. The molecule has 1 N–H and O–H groups in total. The van der Waals surface area contributed by atoms with Crippen LogP contribution in [0.1, 0.15) is 11.1 Å². The highest BCUT2D eigenvalue weighted by molar-refractivity contribution is 8.18. The Kier molecular flexibility index (Phi) is 8.67. The summed E-state index contributed by atoms with van der Waals surface area (Å²) in [4.78, 5) is 43.0. The van der Waals surface area contributed by atoms with Crippen molar-refractivity contribution < 1.29 is 18.8 Å². The van der Waals surface area contributed by atoms with Crippen molar-refractivity contribution in [3.63, 3.8) is 0 Å². The van der Waals surface area contributed by atoms with E-state index in [2.05, 4.69) is 20.5 Å². The van der Waals surface area contributed by atoms with Crippen molar-refractivity contribution in [2.24, 2.45) is 0 Å². The molecule has 3 amide bonds. The average Bonchev–Trinajstić information content (AvgIpc) is 3.48. The Morgan fingerprint density at radius 2 is 1.82 bits per heavy atom. The number of thioether (sulfide) groups is 2. The minimum Gasteiger partial charge on any atom is -0.354 e. The second-order valence-electron chi connectivity index (χ2n) is 8.62. The lowest BCUT2D eigenvalue weighted by molar-refractivity contribution is -0.123. The van der Waals surface area contributed by atoms with Crippen LogP contribution in [-0.2, 0) is 16.1 Å². The maximum Gasteiger partial charge on any atom is 0.293 e. The van der Waals surface area contributed by atoms with Gasteiger partial charge in [0.2, 0.25) is 5.91 Å². The summed E-state index contributed by atoms with van der Waals surface area (Å²) in [6.45, 7) is 0.551. The second kappa shape index (κ2) is 12.7. The zero-order chi connectivity index (χ0) is 27.9. The van der Waals surface area contributed by atoms with E-state index in [-0.39, 0.29) is 24.7 Å². The molecule has 5 rings (SSSR count). The van der Waals surface area contributed by atoms with Gasteiger partial charge in [-0.15, -0.1) is 10.2 Å². The lowest BCUT2D eigenvalue weighted by atomic mass is 10.2. The van der Waals surface area contributed by atoms with E-state index in [1.807, 2.05) is 30.3 Å². The van der Waals surface area contributed by atoms with Crippen LogP contribution in [0.25, 0.3) is 17.5 Å². The SMILES string of the molecule is O=C(CSc1nnc(-c2ccccc2F)n1Cc1ccccc1)NCCN1C(=O)S/C(=C/c2cccnc2)C1=O. The topological polar surface area (TPSA) is 110 Å². The molecule has 2 aromatic heterocycles. The third-order valence-corrected chi connectivity index (χ3v) is 7.73. The number of carbonyl (C=O) groups is 3. The molecule has 9 nitrogen and oxygen atoms in total. The maximum absolute atomic E-state index is 14.6. The van der Waals surface area contributed by atoms with Gasteiger partial charge in [-0.05, 0) is 47.2 Å². The summed E-state index contributed by atoms with van der Waals surface area (Å²) in [5.74, 6) is -0.737. The second-order valence-corrected chi connectivity index (χ2v) is 10.6. The number of benzene rings is 2. The van der Waals surface area contributed by atoms with Gasteiger partial charge in [-0.3, -0.25) is 28.8 Å². The van der Waals surface area contributed by atoms with E-state index in [0.29, 0.717) is 28.0 Å². The van der Waals surface area contributed by atoms with Crippen LogP contribution in [0.15, 0.2) is 89.2 Å². The fraction of sp³-hybridized carbons (Fsp3) is 0.143. The van der Waals surface area contributed by atoms with Gasteiger partial charge in [0.1, 0.15) is 5.82 Å². The molecule has 0 aliphatic carbocycles. The van der Waals surface area contributed by atoms with E-state index in [1.165, 1.54) is 17.8 Å². The van der Waals surface area contributed by atoms with Crippen LogP contribution in [0.5, 0.6) is 0 Å². The molecule has 4 aromatic rings. The van der Waals surface area contributed by atoms with Crippen molar-refractivity contribution in [2.75, 3.05) is 18.8 Å². The largest absolute Gasteiger partial charge is 0.354 e. The quantitative estimate of drug-likeness (QED) is 0.218. The molecular weight excluding hydrogens is 551 g/mol. The molecule has 1 saturated heterocycles. The van der Waals surface area contributed by atoms with Crippen LogP contribution in [-0.4, -0.2) is 60.5 Å². The van der Waals surface area contributed by atoms with Crippen molar-refractivity contribution in [3.05, 3.63) is 101 Å². The number of aromatic nitrogens is 4. The van der Waals surface area contributed by atoms with E-state index < -0.39 is 17.0 Å². The summed E-state index contributed by atoms with van der Waals surface area (Å²) < 4.78 is 16.3. The fourth-order valence-electron chi connectivity index (χ4n) is 3.94. The molecule has 0 unspecified atom stereocenters. The maximum atomic E-state index is 14.6. The summed E-state index contributed by atoms with van der Waals surface area (Å²) in [5, 5.41) is 11.3. The standard InChI is InChI=1S/C28H23FN6O3S2/c29-22-11-5-4-10-21(22)25-32-33-27(35(25)17-19-7-2-1-3-8-19)39-18-24(36)31-13-14-34-26(37)23(40-28(34)38)15-20-9-6-12-30-16-20/h1-12,15-16H,13-14,17-18H2,(H,31,36)/b23-15+. The Morgan fingerprint density at radius 3 is 2.60 bits per heavy atom. The molecule has 12 heteroatoms. The van der Waals surface area contributed by atoms with Gasteiger partial charge < -0.3 is 5.32 Å². The summed E-state index contributed by atoms with van der Waals surface area (Å²) >= 11 is 2.03. The number of pyridine rings is 1. The fourth-order valence-corrected chi connectivity index (χ4v) is 5.57. The molecule has 40 heavy (non-hydrogen) atoms. The number of imide groups is 1. The molecule has 0 saturated carbocycles. The third kappa shape index (κ3) is 6.46. The normalized spacial score (nSPS) is 14.2. The van der Waals surface area contributed by atoms with Gasteiger partial charge in [0.15, 0.2) is 11.0 Å². The van der Waals surface area contributed by atoms with Gasteiger partial charge in [-0.25, -0.2) is 4.39 Å². The van der Waals surface area contributed by atoms with Crippen LogP contribution in [0.2, 0.25) is 0 Å². The molecule has 2 aromatic carbocycles. The molecular formula is C28H23FN6O3S2. The molecule has 202 valence electrons. The summed E-state index contributed by atoms with van der Waals surface area (Å²) in [5.41, 5.74) is 2.01. The van der Waals surface area contributed by atoms with E-state index in [4.69, 9.17) is 0 Å². The molecule has 1 aliphatic heterocycles. The van der Waals surface area contributed by atoms with E-state index >= 15 is 0 Å². The minimum atomic E-state index is -0.416. The zero-order valence-electron chi connectivity index (χ0n) is 21.1. The van der Waals surface area contributed by atoms with Crippen LogP contribution >= 0.6 is 23.5 Å². The number of amides is 3. The van der Waals surface area contributed by atoms with Crippen molar-refractivity contribution in [1.82, 2.24) is 30.0 Å². The molecule has 0 atom stereocenters. The predicted molar refractivity (Wildman–Crippen MR) is 152 cm³/mol. The van der Waals surface area contributed by atoms with Gasteiger partial charge in [0.05, 0.1) is 22.8 Å². The van der Waals surface area contributed by atoms with Gasteiger partial charge in [0, 0.05) is 25.5 Å². The first-order valence-electron chi connectivity index (χ1n) is 12.3. The first-order valence-corrected chi connectivity index (χ1v) is 14.1. The highest BCUT2D eigenvalue weighted by Gasteiger charge is 2.34. The van der Waals surface area contributed by atoms with E-state index in [1.54, 1.807) is 53.4 Å². The van der Waals surface area contributed by atoms with Crippen molar-refractivity contribution in [1.29, 1.82) is 0 Å². The summed E-state index contributed by atoms with van der Waals surface area (Å²) in [6.07, 6.45) is 4.85. The van der Waals surface area contributed by atoms with Gasteiger partial charge in [-0.2, -0.15) is 0 Å². The number of nitrogens with zero attached hydrogens (tertiary/aromatic N) is 5. The van der Waals surface area contributed by atoms with Crippen molar-refractivity contribution >= 4 is 46.7 Å². The smallest absolute Gasteiger partial charge is 0.293 e. The molecule has 0 spiro atoms. The van der Waals surface area contributed by atoms with Crippen LogP contribution in [0, 0.1) is 5.82 Å². The Balaban J connectivity index is 1.20. The zero-order valence-corrected chi connectivity index (χ0v) is 22.7.